The molecule has 0 aliphatic rings. The topological polar surface area (TPSA) is 35.8 Å². The SMILES string of the molecule is CCNC(=NCCCCN(CC)CC)N(C)Cc1cccn1C.I. The average molecular weight is 449 g/mol. The van der Waals surface area contributed by atoms with Crippen molar-refractivity contribution in [3.8, 4) is 0 Å². The van der Waals surface area contributed by atoms with Gasteiger partial charge in [-0.15, -0.1) is 24.0 Å². The normalized spacial score (nSPS) is 11.5. The Bertz CT molecular complexity index is 454. The van der Waals surface area contributed by atoms with Crippen LogP contribution >= 0.6 is 24.0 Å². The van der Waals surface area contributed by atoms with Gasteiger partial charge in [-0.2, -0.15) is 0 Å². The van der Waals surface area contributed by atoms with E-state index in [1.807, 2.05) is 0 Å². The van der Waals surface area contributed by atoms with Crippen molar-refractivity contribution in [2.75, 3.05) is 39.8 Å². The largest absolute Gasteiger partial charge is 0.357 e. The molecule has 0 radical (unpaired) electrons. The molecule has 0 atom stereocenters. The third-order valence-electron chi connectivity index (χ3n) is 4.19. The highest BCUT2D eigenvalue weighted by molar-refractivity contribution is 14.0. The highest BCUT2D eigenvalue weighted by Crippen LogP contribution is 2.04. The lowest BCUT2D eigenvalue weighted by molar-refractivity contribution is 0.297. The molecular weight excluding hydrogens is 413 g/mol. The highest BCUT2D eigenvalue weighted by atomic mass is 127. The van der Waals surface area contributed by atoms with Gasteiger partial charge in [0.1, 0.15) is 0 Å². The second kappa shape index (κ2) is 13.5. The molecule has 0 aliphatic heterocycles. The molecule has 1 heterocycles. The lowest BCUT2D eigenvalue weighted by atomic mass is 10.3. The predicted molar refractivity (Wildman–Crippen MR) is 115 cm³/mol. The summed E-state index contributed by atoms with van der Waals surface area (Å²) in [6.45, 7) is 12.7. The van der Waals surface area contributed by atoms with Crippen molar-refractivity contribution in [3.05, 3.63) is 24.0 Å². The molecule has 0 fully saturated rings. The van der Waals surface area contributed by atoms with Crippen molar-refractivity contribution in [2.45, 2.75) is 40.2 Å². The summed E-state index contributed by atoms with van der Waals surface area (Å²) >= 11 is 0. The Kier molecular flexibility index (Phi) is 13.1. The fourth-order valence-electron chi connectivity index (χ4n) is 2.62. The first-order valence-electron chi connectivity index (χ1n) is 8.94. The van der Waals surface area contributed by atoms with Gasteiger partial charge in [-0.25, -0.2) is 0 Å². The van der Waals surface area contributed by atoms with E-state index in [1.54, 1.807) is 0 Å². The first-order valence-corrected chi connectivity index (χ1v) is 8.94. The van der Waals surface area contributed by atoms with E-state index < -0.39 is 0 Å². The minimum atomic E-state index is 0. The van der Waals surface area contributed by atoms with E-state index in [2.05, 4.69) is 72.9 Å². The van der Waals surface area contributed by atoms with Gasteiger partial charge in [-0.3, -0.25) is 4.99 Å². The number of aliphatic imine (C=N–C) groups is 1. The summed E-state index contributed by atoms with van der Waals surface area (Å²) in [4.78, 5) is 9.44. The predicted octanol–water partition coefficient (Wildman–Crippen LogP) is 3.16. The molecule has 0 spiro atoms. The van der Waals surface area contributed by atoms with E-state index in [9.17, 15) is 0 Å². The van der Waals surface area contributed by atoms with Crippen molar-refractivity contribution in [3.63, 3.8) is 0 Å². The molecule has 0 aromatic carbocycles. The van der Waals surface area contributed by atoms with Gasteiger partial charge in [0.15, 0.2) is 5.96 Å². The Morgan fingerprint density at radius 3 is 2.46 bits per heavy atom. The lowest BCUT2D eigenvalue weighted by Crippen LogP contribution is -2.38. The Hall–Kier alpha value is -0.760. The summed E-state index contributed by atoms with van der Waals surface area (Å²) in [6.07, 6.45) is 4.44. The van der Waals surface area contributed by atoms with Crippen LogP contribution in [0.15, 0.2) is 23.3 Å². The molecule has 5 nitrogen and oxygen atoms in total. The van der Waals surface area contributed by atoms with Crippen LogP contribution in [0.5, 0.6) is 0 Å². The van der Waals surface area contributed by atoms with Crippen LogP contribution in [0.3, 0.4) is 0 Å². The summed E-state index contributed by atoms with van der Waals surface area (Å²) < 4.78 is 2.16. The number of hydrogen-bond donors (Lipinski definition) is 1. The second-order valence-electron chi connectivity index (χ2n) is 5.94. The van der Waals surface area contributed by atoms with Crippen LogP contribution in [-0.4, -0.2) is 60.1 Å². The maximum Gasteiger partial charge on any atom is 0.194 e. The number of nitrogens with zero attached hydrogens (tertiary/aromatic N) is 4. The van der Waals surface area contributed by atoms with Crippen LogP contribution in [0, 0.1) is 0 Å². The zero-order chi connectivity index (χ0) is 17.1. The minimum absolute atomic E-state index is 0. The highest BCUT2D eigenvalue weighted by Gasteiger charge is 2.08. The van der Waals surface area contributed by atoms with E-state index in [-0.39, 0.29) is 24.0 Å². The minimum Gasteiger partial charge on any atom is -0.357 e. The van der Waals surface area contributed by atoms with E-state index in [0.717, 1.165) is 45.1 Å². The van der Waals surface area contributed by atoms with Gasteiger partial charge in [0.25, 0.3) is 0 Å². The van der Waals surface area contributed by atoms with Crippen LogP contribution in [0.25, 0.3) is 0 Å². The number of hydrogen-bond acceptors (Lipinski definition) is 2. The molecular formula is C18H36IN5. The van der Waals surface area contributed by atoms with E-state index in [0.29, 0.717) is 0 Å². The van der Waals surface area contributed by atoms with Crippen molar-refractivity contribution in [1.82, 2.24) is 19.7 Å². The van der Waals surface area contributed by atoms with Crippen LogP contribution in [0.1, 0.15) is 39.3 Å². The van der Waals surface area contributed by atoms with Crippen LogP contribution in [0.4, 0.5) is 0 Å². The molecule has 0 saturated carbocycles. The number of aromatic nitrogens is 1. The van der Waals surface area contributed by atoms with Crippen molar-refractivity contribution in [1.29, 1.82) is 0 Å². The van der Waals surface area contributed by atoms with Crippen molar-refractivity contribution >= 4 is 29.9 Å². The van der Waals surface area contributed by atoms with Gasteiger partial charge in [0.05, 0.1) is 6.54 Å². The van der Waals surface area contributed by atoms with E-state index in [1.165, 1.54) is 18.7 Å². The average Bonchev–Trinajstić information content (AvgIpc) is 2.94. The molecule has 0 unspecified atom stereocenters. The van der Waals surface area contributed by atoms with Gasteiger partial charge < -0.3 is 19.7 Å². The molecule has 1 aromatic rings. The molecule has 1 N–H and O–H groups in total. The molecule has 0 bridgehead atoms. The fourth-order valence-corrected chi connectivity index (χ4v) is 2.62. The zero-order valence-corrected chi connectivity index (χ0v) is 18.4. The third-order valence-corrected chi connectivity index (χ3v) is 4.19. The van der Waals surface area contributed by atoms with E-state index in [4.69, 9.17) is 4.99 Å². The molecule has 0 amide bonds. The molecule has 0 saturated heterocycles. The maximum atomic E-state index is 4.78. The molecule has 140 valence electrons. The summed E-state index contributed by atoms with van der Waals surface area (Å²) in [6, 6.07) is 4.24. The molecule has 0 aliphatic carbocycles. The van der Waals surface area contributed by atoms with Crippen LogP contribution < -0.4 is 5.32 Å². The number of guanidine groups is 1. The summed E-state index contributed by atoms with van der Waals surface area (Å²) in [5.41, 5.74) is 1.29. The monoisotopic (exact) mass is 449 g/mol. The van der Waals surface area contributed by atoms with Crippen LogP contribution in [-0.2, 0) is 13.6 Å². The van der Waals surface area contributed by atoms with E-state index >= 15 is 0 Å². The summed E-state index contributed by atoms with van der Waals surface area (Å²) in [5.74, 6) is 0.997. The Labute approximate surface area is 165 Å². The lowest BCUT2D eigenvalue weighted by Gasteiger charge is -2.22. The van der Waals surface area contributed by atoms with Gasteiger partial charge >= 0.3 is 0 Å². The number of rotatable bonds is 10. The smallest absolute Gasteiger partial charge is 0.194 e. The van der Waals surface area contributed by atoms with Crippen molar-refractivity contribution < 1.29 is 0 Å². The third kappa shape index (κ3) is 8.37. The number of aryl methyl sites for hydroxylation is 1. The Balaban J connectivity index is 0.00000529. The summed E-state index contributed by atoms with van der Waals surface area (Å²) in [5, 5.41) is 3.39. The molecule has 24 heavy (non-hydrogen) atoms. The fraction of sp³-hybridized carbons (Fsp3) is 0.722. The first-order chi connectivity index (χ1) is 11.1. The molecule has 1 rings (SSSR count). The van der Waals surface area contributed by atoms with Gasteiger partial charge in [0, 0.05) is 39.1 Å². The number of halogens is 1. The summed E-state index contributed by atoms with van der Waals surface area (Å²) in [7, 11) is 4.19. The Morgan fingerprint density at radius 2 is 1.92 bits per heavy atom. The van der Waals surface area contributed by atoms with Gasteiger partial charge in [0.2, 0.25) is 0 Å². The number of unbranched alkanes of at least 4 members (excludes halogenated alkanes) is 1. The number of nitrogens with one attached hydrogen (secondary N) is 1. The van der Waals surface area contributed by atoms with Crippen molar-refractivity contribution in [2.24, 2.45) is 12.0 Å². The quantitative estimate of drug-likeness (QED) is 0.258. The zero-order valence-electron chi connectivity index (χ0n) is 16.1. The standard InChI is InChI=1S/C18H35N5.HI/c1-6-19-18(20-13-9-10-15-23(7-2)8-3)22(5)16-17-12-11-14-21(17)4;/h11-12,14H,6-10,13,15-16H2,1-5H3,(H,19,20);1H. The second-order valence-corrected chi connectivity index (χ2v) is 5.94. The molecule has 1 aromatic heterocycles. The first kappa shape index (κ1) is 23.2. The maximum absolute atomic E-state index is 4.78. The van der Waals surface area contributed by atoms with Crippen LogP contribution in [0.2, 0.25) is 0 Å². The van der Waals surface area contributed by atoms with Gasteiger partial charge in [-0.05, 0) is 51.5 Å². The van der Waals surface area contributed by atoms with Gasteiger partial charge in [-0.1, -0.05) is 13.8 Å². The molecule has 6 heteroatoms. The Morgan fingerprint density at radius 1 is 1.21 bits per heavy atom.